The van der Waals surface area contributed by atoms with Gasteiger partial charge in [0.15, 0.2) is 5.78 Å². The predicted octanol–water partition coefficient (Wildman–Crippen LogP) is 2.56. The van der Waals surface area contributed by atoms with Crippen molar-refractivity contribution < 1.29 is 23.1 Å². The van der Waals surface area contributed by atoms with Gasteiger partial charge >= 0.3 is 0 Å². The lowest BCUT2D eigenvalue weighted by atomic mass is 9.86. The fraction of sp³-hybridized carbons (Fsp3) is 0.611. The third-order valence-corrected chi connectivity index (χ3v) is 5.58. The van der Waals surface area contributed by atoms with Crippen LogP contribution in [0.5, 0.6) is 5.75 Å². The number of phenolic OH excluding ortho intramolecular Hbond substituents is 1. The topological polar surface area (TPSA) is 107 Å². The summed E-state index contributed by atoms with van der Waals surface area (Å²) in [7, 11) is -3.85. The van der Waals surface area contributed by atoms with E-state index in [4.69, 9.17) is 9.88 Å². The molecule has 142 valence electrons. The molecule has 1 aromatic carbocycles. The fourth-order valence-electron chi connectivity index (χ4n) is 2.53. The Morgan fingerprint density at radius 1 is 1.20 bits per heavy atom. The third kappa shape index (κ3) is 7.13. The molecule has 0 saturated heterocycles. The standard InChI is InChI=1S/C18H29NO5S/c1-12(14-6-8-15(20)9-7-14)10-16(13(2)25(19,22)23)17(21)11-24-18(3,4)5/h6-9,12-13,16,20H,10-11H2,1-5H3,(H2,19,22,23). The number of nitrogens with two attached hydrogens (primary N) is 1. The van der Waals surface area contributed by atoms with Gasteiger partial charge in [0, 0.05) is 5.92 Å². The lowest BCUT2D eigenvalue weighted by molar-refractivity contribution is -0.132. The van der Waals surface area contributed by atoms with E-state index in [1.807, 2.05) is 27.7 Å². The highest BCUT2D eigenvalue weighted by molar-refractivity contribution is 7.89. The van der Waals surface area contributed by atoms with Gasteiger partial charge in [-0.05, 0) is 57.7 Å². The zero-order chi connectivity index (χ0) is 19.4. The lowest BCUT2D eigenvalue weighted by Crippen LogP contribution is -2.40. The Balaban J connectivity index is 2.98. The van der Waals surface area contributed by atoms with E-state index < -0.39 is 26.8 Å². The van der Waals surface area contributed by atoms with E-state index in [0.29, 0.717) is 6.42 Å². The number of aromatic hydroxyl groups is 1. The van der Waals surface area contributed by atoms with Crippen LogP contribution in [0, 0.1) is 5.92 Å². The first-order valence-corrected chi connectivity index (χ1v) is 9.89. The van der Waals surface area contributed by atoms with Crippen LogP contribution in [0.4, 0.5) is 0 Å². The molecule has 0 aromatic heterocycles. The molecule has 1 aromatic rings. The summed E-state index contributed by atoms with van der Waals surface area (Å²) in [4.78, 5) is 12.6. The maximum Gasteiger partial charge on any atom is 0.212 e. The first-order valence-electron chi connectivity index (χ1n) is 8.28. The van der Waals surface area contributed by atoms with Crippen molar-refractivity contribution in [1.82, 2.24) is 0 Å². The Kier molecular flexibility index (Phi) is 7.17. The molecule has 0 aliphatic carbocycles. The number of sulfonamides is 1. The van der Waals surface area contributed by atoms with E-state index in [1.54, 1.807) is 24.3 Å². The van der Waals surface area contributed by atoms with Crippen LogP contribution in [0.25, 0.3) is 0 Å². The van der Waals surface area contributed by atoms with Crippen LogP contribution in [0.3, 0.4) is 0 Å². The van der Waals surface area contributed by atoms with Gasteiger partial charge in [-0.15, -0.1) is 0 Å². The summed E-state index contributed by atoms with van der Waals surface area (Å²) >= 11 is 0. The molecule has 0 aliphatic heterocycles. The van der Waals surface area contributed by atoms with Gasteiger partial charge in [-0.25, -0.2) is 13.6 Å². The van der Waals surface area contributed by atoms with Crippen molar-refractivity contribution in [3.05, 3.63) is 29.8 Å². The van der Waals surface area contributed by atoms with Gasteiger partial charge in [0.1, 0.15) is 12.4 Å². The number of carbonyl (C=O) groups is 1. The molecule has 7 heteroatoms. The van der Waals surface area contributed by atoms with Crippen LogP contribution >= 0.6 is 0 Å². The molecule has 3 unspecified atom stereocenters. The molecule has 0 bridgehead atoms. The van der Waals surface area contributed by atoms with Gasteiger partial charge in [-0.2, -0.15) is 0 Å². The minimum Gasteiger partial charge on any atom is -0.508 e. The van der Waals surface area contributed by atoms with Gasteiger partial charge in [-0.1, -0.05) is 19.1 Å². The molecule has 0 saturated carbocycles. The van der Waals surface area contributed by atoms with Crippen molar-refractivity contribution in [3.63, 3.8) is 0 Å². The predicted molar refractivity (Wildman–Crippen MR) is 97.9 cm³/mol. The molecular weight excluding hydrogens is 342 g/mol. The molecule has 0 amide bonds. The van der Waals surface area contributed by atoms with Crippen molar-refractivity contribution in [2.24, 2.45) is 11.1 Å². The molecule has 3 N–H and O–H groups in total. The SMILES string of the molecule is CC(CC(C(=O)COC(C)(C)C)C(C)S(N)(=O)=O)c1ccc(O)cc1. The van der Waals surface area contributed by atoms with Crippen molar-refractivity contribution >= 4 is 15.8 Å². The summed E-state index contributed by atoms with van der Waals surface area (Å²) in [5.41, 5.74) is 0.419. The molecule has 6 nitrogen and oxygen atoms in total. The number of Topliss-reactive ketones (excluding diaryl/α,β-unsaturated/α-hetero) is 1. The van der Waals surface area contributed by atoms with Gasteiger partial charge in [-0.3, -0.25) is 4.79 Å². The number of ketones is 1. The Hall–Kier alpha value is -1.44. The maximum atomic E-state index is 12.6. The number of hydrogen-bond acceptors (Lipinski definition) is 5. The van der Waals surface area contributed by atoms with Gasteiger partial charge in [0.25, 0.3) is 0 Å². The van der Waals surface area contributed by atoms with Crippen molar-refractivity contribution in [1.29, 1.82) is 0 Å². The average molecular weight is 371 g/mol. The number of benzene rings is 1. The molecule has 25 heavy (non-hydrogen) atoms. The summed E-state index contributed by atoms with van der Waals surface area (Å²) in [6, 6.07) is 6.65. The van der Waals surface area contributed by atoms with Crippen LogP contribution < -0.4 is 5.14 Å². The third-order valence-electron chi connectivity index (χ3n) is 4.22. The number of carbonyl (C=O) groups excluding carboxylic acids is 1. The van der Waals surface area contributed by atoms with E-state index in [2.05, 4.69) is 0 Å². The molecule has 0 heterocycles. The van der Waals surface area contributed by atoms with E-state index in [-0.39, 0.29) is 24.1 Å². The number of ether oxygens (including phenoxy) is 1. The first-order chi connectivity index (χ1) is 11.3. The summed E-state index contributed by atoms with van der Waals surface area (Å²) in [5, 5.41) is 13.7. The number of hydrogen-bond donors (Lipinski definition) is 2. The van der Waals surface area contributed by atoms with Crippen molar-refractivity contribution in [2.75, 3.05) is 6.61 Å². The Labute approximate surface area is 150 Å². The quantitative estimate of drug-likeness (QED) is 0.730. The van der Waals surface area contributed by atoms with E-state index in [0.717, 1.165) is 5.56 Å². The van der Waals surface area contributed by atoms with Crippen LogP contribution in [0.2, 0.25) is 0 Å². The van der Waals surface area contributed by atoms with Gasteiger partial charge in [0.05, 0.1) is 10.9 Å². The Bertz CT molecular complexity index is 676. The van der Waals surface area contributed by atoms with Crippen LogP contribution in [-0.2, 0) is 19.6 Å². The highest BCUT2D eigenvalue weighted by atomic mass is 32.2. The fourth-order valence-corrected chi connectivity index (χ4v) is 3.25. The lowest BCUT2D eigenvalue weighted by Gasteiger charge is -2.26. The van der Waals surface area contributed by atoms with Crippen molar-refractivity contribution in [3.8, 4) is 5.75 Å². The molecule has 0 spiro atoms. The maximum absolute atomic E-state index is 12.6. The minimum atomic E-state index is -3.85. The minimum absolute atomic E-state index is 0.0756. The molecule has 1 rings (SSSR count). The number of phenols is 1. The van der Waals surface area contributed by atoms with E-state index >= 15 is 0 Å². The summed E-state index contributed by atoms with van der Waals surface area (Å²) < 4.78 is 29.1. The van der Waals surface area contributed by atoms with E-state index in [9.17, 15) is 18.3 Å². The highest BCUT2D eigenvalue weighted by Crippen LogP contribution is 2.29. The normalized spacial score (nSPS) is 16.2. The molecular formula is C18H29NO5S. The van der Waals surface area contributed by atoms with Gasteiger partial charge in [0.2, 0.25) is 10.0 Å². The van der Waals surface area contributed by atoms with Crippen LogP contribution in [0.1, 0.15) is 52.5 Å². The van der Waals surface area contributed by atoms with E-state index in [1.165, 1.54) is 6.92 Å². The van der Waals surface area contributed by atoms with Crippen LogP contribution in [0.15, 0.2) is 24.3 Å². The van der Waals surface area contributed by atoms with Gasteiger partial charge < -0.3 is 9.84 Å². The Morgan fingerprint density at radius 2 is 1.72 bits per heavy atom. The smallest absolute Gasteiger partial charge is 0.212 e. The number of primary sulfonamides is 1. The average Bonchev–Trinajstić information content (AvgIpc) is 2.48. The Morgan fingerprint density at radius 3 is 2.16 bits per heavy atom. The summed E-state index contributed by atoms with van der Waals surface area (Å²) in [6.45, 7) is 8.70. The molecule has 0 aliphatic rings. The second kappa shape index (κ2) is 8.29. The largest absolute Gasteiger partial charge is 0.508 e. The molecule has 0 radical (unpaired) electrons. The zero-order valence-electron chi connectivity index (χ0n) is 15.5. The van der Waals surface area contributed by atoms with Crippen LogP contribution in [-0.4, -0.2) is 36.8 Å². The monoisotopic (exact) mass is 371 g/mol. The highest BCUT2D eigenvalue weighted by Gasteiger charge is 2.34. The summed E-state index contributed by atoms with van der Waals surface area (Å²) in [6.07, 6.45) is 0.328. The summed E-state index contributed by atoms with van der Waals surface area (Å²) in [5.74, 6) is -0.961. The van der Waals surface area contributed by atoms with Crippen molar-refractivity contribution in [2.45, 2.75) is 57.8 Å². The molecule has 0 fully saturated rings. The second-order valence-corrected chi connectivity index (χ2v) is 9.42. The first kappa shape index (κ1) is 21.6. The number of rotatable bonds is 8. The molecule has 3 atom stereocenters. The second-order valence-electron chi connectivity index (χ2n) is 7.50. The zero-order valence-corrected chi connectivity index (χ0v) is 16.3.